The Kier molecular flexibility index (Phi) is 5.55. The van der Waals surface area contributed by atoms with Crippen molar-refractivity contribution in [3.63, 3.8) is 0 Å². The average Bonchev–Trinajstić information content (AvgIpc) is 2.63. The van der Waals surface area contributed by atoms with Gasteiger partial charge in [0.2, 0.25) is 10.0 Å². The normalized spacial score (nSPS) is 16.5. The number of halogens is 1. The topological polar surface area (TPSA) is 49.9 Å². The quantitative estimate of drug-likeness (QED) is 0.803. The lowest BCUT2D eigenvalue weighted by Gasteiger charge is -2.32. The maximum absolute atomic E-state index is 14.3. The van der Waals surface area contributed by atoms with Gasteiger partial charge in [-0.15, -0.1) is 0 Å². The Balaban J connectivity index is 2.20. The third-order valence-electron chi connectivity index (χ3n) is 5.14. The molecule has 1 aliphatic rings. The van der Waals surface area contributed by atoms with Crippen LogP contribution in [0.5, 0.6) is 5.75 Å². The zero-order chi connectivity index (χ0) is 19.8. The fraction of sp³-hybridized carbons (Fsp3) is 0.400. The summed E-state index contributed by atoms with van der Waals surface area (Å²) in [5, 5.41) is 0. The predicted octanol–water partition coefficient (Wildman–Crippen LogP) is 3.05. The van der Waals surface area contributed by atoms with E-state index < -0.39 is 15.8 Å². The molecule has 0 spiro atoms. The van der Waals surface area contributed by atoms with Crippen molar-refractivity contribution in [3.8, 4) is 16.9 Å². The Hall–Kier alpha value is -1.96. The molecule has 5 nitrogen and oxygen atoms in total. The number of aryl methyl sites for hydroxylation is 2. The molecule has 0 radical (unpaired) electrons. The van der Waals surface area contributed by atoms with Crippen LogP contribution >= 0.6 is 0 Å². The van der Waals surface area contributed by atoms with Gasteiger partial charge >= 0.3 is 0 Å². The van der Waals surface area contributed by atoms with Gasteiger partial charge in [-0.25, -0.2) is 12.8 Å². The molecule has 2 aromatic rings. The summed E-state index contributed by atoms with van der Waals surface area (Å²) in [6.07, 6.45) is 0. The minimum Gasteiger partial charge on any atom is -0.493 e. The number of sulfonamides is 1. The molecule has 0 saturated carbocycles. The van der Waals surface area contributed by atoms with Crippen LogP contribution in [0.3, 0.4) is 0 Å². The SMILES string of the molecule is COc1c(F)cccc1-c1cc(C)c(C)cc1S(=O)(=O)N1CCN(C)CC1. The Morgan fingerprint density at radius 1 is 1.00 bits per heavy atom. The summed E-state index contributed by atoms with van der Waals surface area (Å²) in [6, 6.07) is 8.04. The molecule has 27 heavy (non-hydrogen) atoms. The van der Waals surface area contributed by atoms with E-state index in [9.17, 15) is 12.8 Å². The van der Waals surface area contributed by atoms with E-state index in [-0.39, 0.29) is 10.6 Å². The fourth-order valence-corrected chi connectivity index (χ4v) is 5.00. The van der Waals surface area contributed by atoms with Crippen LogP contribution in [0, 0.1) is 19.7 Å². The van der Waals surface area contributed by atoms with Crippen molar-refractivity contribution in [2.24, 2.45) is 0 Å². The predicted molar refractivity (Wildman–Crippen MR) is 104 cm³/mol. The van der Waals surface area contributed by atoms with Crippen LogP contribution in [0.1, 0.15) is 11.1 Å². The van der Waals surface area contributed by atoms with Crippen molar-refractivity contribution in [2.75, 3.05) is 40.3 Å². The van der Waals surface area contributed by atoms with E-state index in [1.165, 1.54) is 17.5 Å². The van der Waals surface area contributed by atoms with Gasteiger partial charge in [-0.3, -0.25) is 0 Å². The first-order valence-electron chi connectivity index (χ1n) is 8.88. The van der Waals surface area contributed by atoms with Crippen molar-refractivity contribution >= 4 is 10.0 Å². The van der Waals surface area contributed by atoms with Crippen LogP contribution in [0.4, 0.5) is 4.39 Å². The number of benzene rings is 2. The molecule has 0 aliphatic carbocycles. The van der Waals surface area contributed by atoms with Gasteiger partial charge in [0.05, 0.1) is 12.0 Å². The molecule has 2 aromatic carbocycles. The smallest absolute Gasteiger partial charge is 0.243 e. The van der Waals surface area contributed by atoms with Crippen LogP contribution in [-0.2, 0) is 10.0 Å². The number of methoxy groups -OCH3 is 1. The summed E-state index contributed by atoms with van der Waals surface area (Å²) >= 11 is 0. The van der Waals surface area contributed by atoms with Gasteiger partial charge in [0.25, 0.3) is 0 Å². The van der Waals surface area contributed by atoms with Crippen molar-refractivity contribution in [3.05, 3.63) is 47.3 Å². The maximum Gasteiger partial charge on any atom is 0.243 e. The van der Waals surface area contributed by atoms with Crippen molar-refractivity contribution < 1.29 is 17.5 Å². The Bertz CT molecular complexity index is 952. The lowest BCUT2D eigenvalue weighted by Crippen LogP contribution is -2.47. The number of likely N-dealkylation sites (N-methyl/N-ethyl adjacent to an activating group) is 1. The molecule has 0 amide bonds. The molecule has 3 rings (SSSR count). The second-order valence-corrected chi connectivity index (χ2v) is 8.87. The van der Waals surface area contributed by atoms with Gasteiger partial charge in [0.15, 0.2) is 11.6 Å². The third-order valence-corrected chi connectivity index (χ3v) is 7.08. The van der Waals surface area contributed by atoms with E-state index in [0.717, 1.165) is 11.1 Å². The zero-order valence-corrected chi connectivity index (χ0v) is 16.9. The van der Waals surface area contributed by atoms with Crippen LogP contribution in [0.15, 0.2) is 35.2 Å². The van der Waals surface area contributed by atoms with E-state index in [0.29, 0.717) is 37.3 Å². The van der Waals surface area contributed by atoms with Crippen molar-refractivity contribution in [1.29, 1.82) is 0 Å². The van der Waals surface area contributed by atoms with E-state index in [1.807, 2.05) is 20.9 Å². The Labute approximate surface area is 160 Å². The highest BCUT2D eigenvalue weighted by Gasteiger charge is 2.31. The highest BCUT2D eigenvalue weighted by molar-refractivity contribution is 7.89. The summed E-state index contributed by atoms with van der Waals surface area (Å²) in [6.45, 7) is 6.03. The van der Waals surface area contributed by atoms with E-state index in [2.05, 4.69) is 4.90 Å². The van der Waals surface area contributed by atoms with Crippen LogP contribution < -0.4 is 4.74 Å². The van der Waals surface area contributed by atoms with Gasteiger partial charge in [-0.1, -0.05) is 12.1 Å². The lowest BCUT2D eigenvalue weighted by molar-refractivity contribution is 0.222. The first kappa shape index (κ1) is 19.8. The summed E-state index contributed by atoms with van der Waals surface area (Å²) in [7, 11) is -0.351. The molecule has 0 atom stereocenters. The summed E-state index contributed by atoms with van der Waals surface area (Å²) < 4.78 is 47.8. The summed E-state index contributed by atoms with van der Waals surface area (Å²) in [5.74, 6) is -0.466. The van der Waals surface area contributed by atoms with Gasteiger partial charge in [-0.05, 0) is 50.2 Å². The van der Waals surface area contributed by atoms with Crippen LogP contribution in [-0.4, -0.2) is 58.0 Å². The number of nitrogens with zero attached hydrogens (tertiary/aromatic N) is 2. The van der Waals surface area contributed by atoms with E-state index in [4.69, 9.17) is 4.74 Å². The van der Waals surface area contributed by atoms with Gasteiger partial charge in [-0.2, -0.15) is 4.31 Å². The fourth-order valence-electron chi connectivity index (χ4n) is 3.31. The third kappa shape index (κ3) is 3.72. The summed E-state index contributed by atoms with van der Waals surface area (Å²) in [4.78, 5) is 2.29. The summed E-state index contributed by atoms with van der Waals surface area (Å²) in [5.41, 5.74) is 2.72. The molecule has 7 heteroatoms. The molecule has 0 N–H and O–H groups in total. The van der Waals surface area contributed by atoms with Crippen molar-refractivity contribution in [2.45, 2.75) is 18.7 Å². The minimum atomic E-state index is -3.71. The zero-order valence-electron chi connectivity index (χ0n) is 16.1. The molecule has 0 aromatic heterocycles. The number of ether oxygens (including phenoxy) is 1. The molecule has 1 aliphatic heterocycles. The second-order valence-electron chi connectivity index (χ2n) is 6.96. The highest BCUT2D eigenvalue weighted by Crippen LogP contribution is 2.38. The monoisotopic (exact) mass is 392 g/mol. The number of para-hydroxylation sites is 1. The van der Waals surface area contributed by atoms with Gasteiger partial charge < -0.3 is 9.64 Å². The number of hydrogen-bond acceptors (Lipinski definition) is 4. The van der Waals surface area contributed by atoms with E-state index in [1.54, 1.807) is 24.3 Å². The molecular weight excluding hydrogens is 367 g/mol. The van der Waals surface area contributed by atoms with Gasteiger partial charge in [0, 0.05) is 37.3 Å². The first-order chi connectivity index (χ1) is 12.8. The standard InChI is InChI=1S/C20H25FN2O3S/c1-14-12-17(16-6-5-7-18(21)20(16)26-4)19(13-15(14)2)27(24,25)23-10-8-22(3)9-11-23/h5-7,12-13H,8-11H2,1-4H3. The molecule has 1 heterocycles. The molecule has 1 saturated heterocycles. The second kappa shape index (κ2) is 7.58. The average molecular weight is 392 g/mol. The molecule has 1 fully saturated rings. The number of hydrogen-bond donors (Lipinski definition) is 0. The number of rotatable bonds is 4. The first-order valence-corrected chi connectivity index (χ1v) is 10.3. The van der Waals surface area contributed by atoms with Crippen LogP contribution in [0.2, 0.25) is 0 Å². The lowest BCUT2D eigenvalue weighted by atomic mass is 9.99. The van der Waals surface area contributed by atoms with Crippen LogP contribution in [0.25, 0.3) is 11.1 Å². The van der Waals surface area contributed by atoms with Crippen molar-refractivity contribution in [1.82, 2.24) is 9.21 Å². The van der Waals surface area contributed by atoms with E-state index >= 15 is 0 Å². The Morgan fingerprint density at radius 3 is 2.26 bits per heavy atom. The molecular formula is C20H25FN2O3S. The molecule has 0 unspecified atom stereocenters. The largest absolute Gasteiger partial charge is 0.493 e. The molecule has 0 bridgehead atoms. The molecule has 146 valence electrons. The highest BCUT2D eigenvalue weighted by atomic mass is 32.2. The maximum atomic E-state index is 14.3. The minimum absolute atomic E-state index is 0.0515. The van der Waals surface area contributed by atoms with Gasteiger partial charge in [0.1, 0.15) is 0 Å². The number of piperazine rings is 1. The Morgan fingerprint density at radius 2 is 1.63 bits per heavy atom.